The van der Waals surface area contributed by atoms with Crippen molar-refractivity contribution in [2.75, 3.05) is 61.1 Å². The van der Waals surface area contributed by atoms with E-state index in [2.05, 4.69) is 77.1 Å². The van der Waals surface area contributed by atoms with E-state index in [0.717, 1.165) is 50.4 Å². The van der Waals surface area contributed by atoms with E-state index < -0.39 is 0 Å². The van der Waals surface area contributed by atoms with Crippen molar-refractivity contribution in [2.24, 2.45) is 0 Å². The summed E-state index contributed by atoms with van der Waals surface area (Å²) in [6.07, 6.45) is 0.533. The molecule has 0 aliphatic carbocycles. The first-order valence-corrected chi connectivity index (χ1v) is 12.8. The second kappa shape index (κ2) is 10.6. The van der Waals surface area contributed by atoms with Gasteiger partial charge < -0.3 is 24.2 Å². The Labute approximate surface area is 214 Å². The minimum Gasteiger partial charge on any atom is -0.465 e. The van der Waals surface area contributed by atoms with Crippen LogP contribution in [0, 0.1) is 0 Å². The molecule has 2 fully saturated rings. The predicted molar refractivity (Wildman–Crippen MR) is 146 cm³/mol. The number of hydrogen-bond acceptors (Lipinski definition) is 6. The van der Waals surface area contributed by atoms with Gasteiger partial charge >= 0.3 is 5.97 Å². The summed E-state index contributed by atoms with van der Waals surface area (Å²) >= 11 is 0. The molecule has 3 aromatic rings. The zero-order valence-electron chi connectivity index (χ0n) is 21.4. The highest BCUT2D eigenvalue weighted by Gasteiger charge is 2.23. The van der Waals surface area contributed by atoms with Gasteiger partial charge in [-0.15, -0.1) is 0 Å². The molecule has 36 heavy (non-hydrogen) atoms. The summed E-state index contributed by atoms with van der Waals surface area (Å²) in [6, 6.07) is 25.3. The number of rotatable bonds is 5. The first-order chi connectivity index (χ1) is 17.5. The number of carbonyl (C=O) groups excluding carboxylic acids is 1. The normalized spacial score (nSPS) is 20.4. The molecule has 5 rings (SSSR count). The summed E-state index contributed by atoms with van der Waals surface area (Å²) in [5.74, 6) is -0.312. The summed E-state index contributed by atoms with van der Waals surface area (Å²) < 4.78 is 10.7. The molecule has 0 bridgehead atoms. The van der Waals surface area contributed by atoms with Gasteiger partial charge in [0.05, 0.1) is 24.9 Å². The number of hydrogen-bond donors (Lipinski definition) is 0. The van der Waals surface area contributed by atoms with E-state index in [-0.39, 0.29) is 18.2 Å². The van der Waals surface area contributed by atoms with Gasteiger partial charge in [-0.1, -0.05) is 24.3 Å². The summed E-state index contributed by atoms with van der Waals surface area (Å²) in [4.78, 5) is 19.0. The van der Waals surface area contributed by atoms with Crippen LogP contribution in [-0.2, 0) is 9.47 Å². The van der Waals surface area contributed by atoms with E-state index in [0.29, 0.717) is 5.56 Å². The van der Waals surface area contributed by atoms with Gasteiger partial charge in [-0.3, -0.25) is 0 Å². The lowest BCUT2D eigenvalue weighted by atomic mass is 10.0. The molecule has 188 valence electrons. The highest BCUT2D eigenvalue weighted by Crippen LogP contribution is 2.27. The number of ether oxygens (including phenoxy) is 2. The van der Waals surface area contributed by atoms with Crippen molar-refractivity contribution in [1.82, 2.24) is 0 Å². The second-order valence-electron chi connectivity index (χ2n) is 9.77. The Morgan fingerprint density at radius 3 is 1.50 bits per heavy atom. The van der Waals surface area contributed by atoms with Gasteiger partial charge in [-0.05, 0) is 73.5 Å². The minimum absolute atomic E-state index is 0.266. The van der Waals surface area contributed by atoms with Gasteiger partial charge in [0.2, 0.25) is 0 Å². The molecule has 2 aliphatic heterocycles. The molecule has 2 atom stereocenters. The van der Waals surface area contributed by atoms with E-state index in [1.165, 1.54) is 24.2 Å². The average molecular weight is 486 g/mol. The van der Waals surface area contributed by atoms with E-state index >= 15 is 0 Å². The first-order valence-electron chi connectivity index (χ1n) is 12.8. The average Bonchev–Trinajstić information content (AvgIpc) is 2.92. The largest absolute Gasteiger partial charge is 0.465 e. The van der Waals surface area contributed by atoms with Crippen molar-refractivity contribution in [3.63, 3.8) is 0 Å². The quantitative estimate of drug-likeness (QED) is 0.470. The zero-order valence-corrected chi connectivity index (χ0v) is 21.4. The van der Waals surface area contributed by atoms with Crippen LogP contribution < -0.4 is 14.7 Å². The molecule has 0 aromatic heterocycles. The number of esters is 1. The van der Waals surface area contributed by atoms with Gasteiger partial charge in [-0.25, -0.2) is 4.79 Å². The van der Waals surface area contributed by atoms with Crippen molar-refractivity contribution in [3.8, 4) is 11.1 Å². The zero-order chi connectivity index (χ0) is 25.1. The van der Waals surface area contributed by atoms with E-state index in [1.807, 2.05) is 24.3 Å². The van der Waals surface area contributed by atoms with E-state index in [1.54, 1.807) is 0 Å². The Kier molecular flexibility index (Phi) is 7.14. The van der Waals surface area contributed by atoms with Crippen LogP contribution in [-0.4, -0.2) is 64.6 Å². The maximum absolute atomic E-state index is 11.7. The van der Waals surface area contributed by atoms with E-state index in [4.69, 9.17) is 9.47 Å². The molecule has 0 saturated carbocycles. The molecule has 2 heterocycles. The van der Waals surface area contributed by atoms with Crippen LogP contribution in [0.2, 0.25) is 0 Å². The topological polar surface area (TPSA) is 45.2 Å². The van der Waals surface area contributed by atoms with Crippen LogP contribution in [0.25, 0.3) is 11.1 Å². The van der Waals surface area contributed by atoms with Gasteiger partial charge in [0.15, 0.2) is 0 Å². The number of methoxy groups -OCH3 is 1. The van der Waals surface area contributed by atoms with Crippen molar-refractivity contribution in [2.45, 2.75) is 26.1 Å². The monoisotopic (exact) mass is 485 g/mol. The molecule has 2 unspecified atom stereocenters. The predicted octanol–water partition coefficient (Wildman–Crippen LogP) is 5.08. The molecular formula is C30H35N3O3. The van der Waals surface area contributed by atoms with Gasteiger partial charge in [0.25, 0.3) is 0 Å². The van der Waals surface area contributed by atoms with Crippen molar-refractivity contribution >= 4 is 23.0 Å². The lowest BCUT2D eigenvalue weighted by molar-refractivity contribution is -0.00521. The summed E-state index contributed by atoms with van der Waals surface area (Å²) in [6.45, 7) is 10.2. The van der Waals surface area contributed by atoms with Crippen LogP contribution in [0.5, 0.6) is 0 Å². The minimum atomic E-state index is -0.312. The summed E-state index contributed by atoms with van der Waals surface area (Å²) in [7, 11) is 1.40. The third-order valence-electron chi connectivity index (χ3n) is 7.15. The molecule has 6 nitrogen and oxygen atoms in total. The maximum atomic E-state index is 11.7. The van der Waals surface area contributed by atoms with Gasteiger partial charge in [0.1, 0.15) is 0 Å². The molecule has 6 heteroatoms. The molecular weight excluding hydrogens is 450 g/mol. The number of carbonyl (C=O) groups is 1. The lowest BCUT2D eigenvalue weighted by Crippen LogP contribution is -2.46. The van der Waals surface area contributed by atoms with Crippen LogP contribution in [0.1, 0.15) is 24.2 Å². The number of morpholine rings is 1. The fourth-order valence-corrected chi connectivity index (χ4v) is 5.27. The van der Waals surface area contributed by atoms with Crippen molar-refractivity contribution < 1.29 is 14.3 Å². The van der Waals surface area contributed by atoms with Crippen LogP contribution in [0.15, 0.2) is 72.8 Å². The highest BCUT2D eigenvalue weighted by molar-refractivity contribution is 5.90. The Bertz CT molecular complexity index is 1140. The number of nitrogens with zero attached hydrogens (tertiary/aromatic N) is 3. The van der Waals surface area contributed by atoms with Crippen LogP contribution >= 0.6 is 0 Å². The smallest absolute Gasteiger partial charge is 0.337 e. The fraction of sp³-hybridized carbons (Fsp3) is 0.367. The number of anilines is 3. The first kappa shape index (κ1) is 24.2. The number of benzene rings is 3. The maximum Gasteiger partial charge on any atom is 0.337 e. The fourth-order valence-electron chi connectivity index (χ4n) is 5.27. The highest BCUT2D eigenvalue weighted by atomic mass is 16.5. The molecule has 0 amide bonds. The molecule has 0 N–H and O–H groups in total. The van der Waals surface area contributed by atoms with Crippen molar-refractivity contribution in [3.05, 3.63) is 78.4 Å². The Hall–Kier alpha value is -3.51. The van der Waals surface area contributed by atoms with E-state index in [9.17, 15) is 4.79 Å². The van der Waals surface area contributed by atoms with Crippen LogP contribution in [0.3, 0.4) is 0 Å². The third kappa shape index (κ3) is 5.34. The summed E-state index contributed by atoms with van der Waals surface area (Å²) in [5, 5.41) is 0. The SMILES string of the molecule is COC(=O)c1ccc(-c2ccc(N3CCN(c4ccc(N5CC(C)OC(C)C5)cc4)CC3)cc2)cc1. The summed E-state index contributed by atoms with van der Waals surface area (Å²) in [5.41, 5.74) is 6.60. The number of piperazine rings is 1. The Balaban J connectivity index is 1.17. The Morgan fingerprint density at radius 2 is 1.06 bits per heavy atom. The van der Waals surface area contributed by atoms with Crippen LogP contribution in [0.4, 0.5) is 17.1 Å². The lowest BCUT2D eigenvalue weighted by Gasteiger charge is -2.38. The molecule has 0 radical (unpaired) electrons. The second-order valence-corrected chi connectivity index (χ2v) is 9.77. The molecule has 3 aromatic carbocycles. The van der Waals surface area contributed by atoms with Crippen molar-refractivity contribution in [1.29, 1.82) is 0 Å². The molecule has 2 saturated heterocycles. The Morgan fingerprint density at radius 1 is 0.667 bits per heavy atom. The van der Waals surface area contributed by atoms with Gasteiger partial charge in [0, 0.05) is 56.3 Å². The third-order valence-corrected chi connectivity index (χ3v) is 7.15. The van der Waals surface area contributed by atoms with Gasteiger partial charge in [-0.2, -0.15) is 0 Å². The molecule has 0 spiro atoms. The standard InChI is InChI=1S/C30H35N3O3/c1-22-20-33(21-23(2)36-22)29-14-12-28(13-15-29)32-18-16-31(17-19-32)27-10-8-25(9-11-27)24-4-6-26(7-5-24)30(34)35-3/h4-15,22-23H,16-21H2,1-3H3. The molecule has 2 aliphatic rings.